The van der Waals surface area contributed by atoms with Gasteiger partial charge in [-0.25, -0.2) is 8.42 Å². The number of halogens is 1. The third-order valence-corrected chi connectivity index (χ3v) is 6.00. The van der Waals surface area contributed by atoms with Gasteiger partial charge in [-0.1, -0.05) is 22.4 Å². The Kier molecular flexibility index (Phi) is 4.93. The maximum Gasteiger partial charge on any atom is 0.310 e. The number of anilines is 1. The third-order valence-electron chi connectivity index (χ3n) is 3.66. The summed E-state index contributed by atoms with van der Waals surface area (Å²) in [6.45, 7) is 1.88. The first kappa shape index (κ1) is 16.3. The fourth-order valence-electron chi connectivity index (χ4n) is 2.75. The molecule has 0 radical (unpaired) electrons. The van der Waals surface area contributed by atoms with Crippen LogP contribution in [0.4, 0.5) is 5.69 Å². The molecule has 0 heterocycles. The first-order valence-electron chi connectivity index (χ1n) is 6.70. The molecular formula is C14H18BrNO4S. The molecule has 1 aromatic carbocycles. The summed E-state index contributed by atoms with van der Waals surface area (Å²) in [5.74, 6) is -1.03. The molecule has 0 bridgehead atoms. The predicted molar refractivity (Wildman–Crippen MR) is 84.6 cm³/mol. The number of ether oxygens (including phenoxy) is 1. The molecular weight excluding hydrogens is 358 g/mol. The molecule has 2 atom stereocenters. The molecule has 0 amide bonds. The molecule has 0 spiro atoms. The van der Waals surface area contributed by atoms with Crippen molar-refractivity contribution in [1.82, 2.24) is 0 Å². The molecule has 116 valence electrons. The summed E-state index contributed by atoms with van der Waals surface area (Å²) in [6, 6.07) is 5.35. The molecule has 1 aromatic rings. The van der Waals surface area contributed by atoms with Gasteiger partial charge in [0.05, 0.1) is 18.3 Å². The van der Waals surface area contributed by atoms with Crippen LogP contribution in [0.3, 0.4) is 0 Å². The Bertz CT molecular complexity index is 624. The van der Waals surface area contributed by atoms with Crippen LogP contribution in [-0.4, -0.2) is 26.7 Å². The quantitative estimate of drug-likeness (QED) is 0.821. The fraction of sp³-hybridized carbons (Fsp3) is 0.500. The lowest BCUT2D eigenvalue weighted by Gasteiger charge is -2.19. The molecule has 0 saturated heterocycles. The summed E-state index contributed by atoms with van der Waals surface area (Å²) in [6.07, 6.45) is 1.74. The molecule has 5 nitrogen and oxygen atoms in total. The molecule has 2 rings (SSSR count). The van der Waals surface area contributed by atoms with Crippen molar-refractivity contribution in [2.75, 3.05) is 11.8 Å². The maximum atomic E-state index is 12.5. The van der Waals surface area contributed by atoms with Gasteiger partial charge >= 0.3 is 5.97 Å². The van der Waals surface area contributed by atoms with Gasteiger partial charge in [-0.2, -0.15) is 0 Å². The van der Waals surface area contributed by atoms with Crippen LogP contribution in [-0.2, 0) is 19.6 Å². The summed E-state index contributed by atoms with van der Waals surface area (Å²) in [7, 11) is -2.34. The van der Waals surface area contributed by atoms with E-state index >= 15 is 0 Å². The number of rotatable bonds is 4. The highest BCUT2D eigenvalue weighted by Gasteiger charge is 2.42. The lowest BCUT2D eigenvalue weighted by molar-refractivity contribution is -0.145. The van der Waals surface area contributed by atoms with Crippen molar-refractivity contribution in [3.05, 3.63) is 28.2 Å². The van der Waals surface area contributed by atoms with Crippen molar-refractivity contribution in [3.8, 4) is 0 Å². The second-order valence-corrected chi connectivity index (χ2v) is 8.08. The van der Waals surface area contributed by atoms with Crippen LogP contribution in [0.5, 0.6) is 0 Å². The Morgan fingerprint density at radius 3 is 2.67 bits per heavy atom. The highest BCUT2D eigenvalue weighted by molar-refractivity contribution is 9.10. The van der Waals surface area contributed by atoms with Crippen LogP contribution in [0.25, 0.3) is 0 Å². The normalized spacial score (nSPS) is 22.0. The minimum Gasteiger partial charge on any atom is -0.469 e. The van der Waals surface area contributed by atoms with Crippen molar-refractivity contribution in [1.29, 1.82) is 0 Å². The maximum absolute atomic E-state index is 12.5. The molecule has 2 unspecified atom stereocenters. The summed E-state index contributed by atoms with van der Waals surface area (Å²) >= 11 is 3.34. The summed E-state index contributed by atoms with van der Waals surface area (Å²) in [5.41, 5.74) is 1.44. The minimum absolute atomic E-state index is 0.451. The lowest BCUT2D eigenvalue weighted by atomic mass is 10.1. The highest BCUT2D eigenvalue weighted by atomic mass is 79.9. The number of methoxy groups -OCH3 is 1. The van der Waals surface area contributed by atoms with Crippen LogP contribution in [0.15, 0.2) is 22.7 Å². The van der Waals surface area contributed by atoms with E-state index in [0.717, 1.165) is 10.0 Å². The van der Waals surface area contributed by atoms with Crippen molar-refractivity contribution < 1.29 is 17.9 Å². The zero-order valence-electron chi connectivity index (χ0n) is 11.9. The molecule has 1 saturated carbocycles. The predicted octanol–water partition coefficient (Wildman–Crippen LogP) is 2.84. The van der Waals surface area contributed by atoms with E-state index in [1.54, 1.807) is 12.1 Å². The SMILES string of the molecule is COC(=O)C1CCCC1S(=O)(=O)Nc1cc(C)cc(Br)c1. The van der Waals surface area contributed by atoms with E-state index in [2.05, 4.69) is 20.7 Å². The number of aryl methyl sites for hydroxylation is 1. The molecule has 1 aliphatic rings. The molecule has 1 aliphatic carbocycles. The third kappa shape index (κ3) is 3.77. The van der Waals surface area contributed by atoms with Gasteiger partial charge < -0.3 is 4.74 Å². The number of sulfonamides is 1. The Hall–Kier alpha value is -1.08. The van der Waals surface area contributed by atoms with Crippen LogP contribution in [0.2, 0.25) is 0 Å². The summed E-state index contributed by atoms with van der Waals surface area (Å²) < 4.78 is 33.1. The average molecular weight is 376 g/mol. The average Bonchev–Trinajstić information content (AvgIpc) is 2.85. The molecule has 7 heteroatoms. The van der Waals surface area contributed by atoms with E-state index in [4.69, 9.17) is 4.74 Å². The van der Waals surface area contributed by atoms with Gasteiger partial charge in [0.15, 0.2) is 0 Å². The largest absolute Gasteiger partial charge is 0.469 e. The molecule has 1 N–H and O–H groups in total. The topological polar surface area (TPSA) is 72.5 Å². The highest BCUT2D eigenvalue weighted by Crippen LogP contribution is 2.33. The number of benzene rings is 1. The van der Waals surface area contributed by atoms with Gasteiger partial charge in [0.1, 0.15) is 0 Å². The van der Waals surface area contributed by atoms with E-state index in [1.807, 2.05) is 13.0 Å². The Morgan fingerprint density at radius 2 is 2.05 bits per heavy atom. The van der Waals surface area contributed by atoms with Crippen molar-refractivity contribution in [2.24, 2.45) is 5.92 Å². The van der Waals surface area contributed by atoms with Crippen molar-refractivity contribution in [2.45, 2.75) is 31.4 Å². The summed E-state index contributed by atoms with van der Waals surface area (Å²) in [5, 5.41) is -0.732. The molecule has 0 aliphatic heterocycles. The van der Waals surface area contributed by atoms with E-state index in [0.29, 0.717) is 24.9 Å². The van der Waals surface area contributed by atoms with Crippen LogP contribution >= 0.6 is 15.9 Å². The number of hydrogen-bond donors (Lipinski definition) is 1. The first-order valence-corrected chi connectivity index (χ1v) is 9.04. The van der Waals surface area contributed by atoms with Gasteiger partial charge in [0.25, 0.3) is 0 Å². The van der Waals surface area contributed by atoms with Gasteiger partial charge in [0.2, 0.25) is 10.0 Å². The number of hydrogen-bond acceptors (Lipinski definition) is 4. The molecule has 1 fully saturated rings. The number of carbonyl (C=O) groups is 1. The zero-order chi connectivity index (χ0) is 15.6. The number of carbonyl (C=O) groups excluding carboxylic acids is 1. The number of nitrogens with one attached hydrogen (secondary N) is 1. The van der Waals surface area contributed by atoms with Crippen LogP contribution in [0, 0.1) is 12.8 Å². The van der Waals surface area contributed by atoms with Crippen LogP contribution < -0.4 is 4.72 Å². The van der Waals surface area contributed by atoms with Gasteiger partial charge in [-0.15, -0.1) is 0 Å². The van der Waals surface area contributed by atoms with E-state index in [9.17, 15) is 13.2 Å². The second-order valence-electron chi connectivity index (χ2n) is 5.26. The van der Waals surface area contributed by atoms with E-state index < -0.39 is 27.2 Å². The lowest BCUT2D eigenvalue weighted by Crippen LogP contribution is -2.35. The van der Waals surface area contributed by atoms with Crippen molar-refractivity contribution in [3.63, 3.8) is 0 Å². The Labute approximate surface area is 133 Å². The van der Waals surface area contributed by atoms with Gasteiger partial charge in [0, 0.05) is 10.2 Å². The van der Waals surface area contributed by atoms with Gasteiger partial charge in [-0.3, -0.25) is 9.52 Å². The zero-order valence-corrected chi connectivity index (χ0v) is 14.3. The van der Waals surface area contributed by atoms with Crippen molar-refractivity contribution >= 4 is 37.6 Å². The standard InChI is InChI=1S/C14H18BrNO4S/c1-9-6-10(15)8-11(7-9)16-21(18,19)13-5-3-4-12(13)14(17)20-2/h6-8,12-13,16H,3-5H2,1-2H3. The van der Waals surface area contributed by atoms with Crippen LogP contribution in [0.1, 0.15) is 24.8 Å². The second kappa shape index (κ2) is 6.36. The first-order chi connectivity index (χ1) is 9.83. The van der Waals surface area contributed by atoms with Gasteiger partial charge in [-0.05, 0) is 43.5 Å². The fourth-order valence-corrected chi connectivity index (χ4v) is 5.12. The Balaban J connectivity index is 2.23. The minimum atomic E-state index is -3.62. The smallest absolute Gasteiger partial charge is 0.310 e. The summed E-state index contributed by atoms with van der Waals surface area (Å²) in [4.78, 5) is 11.7. The monoisotopic (exact) mass is 375 g/mol. The molecule has 21 heavy (non-hydrogen) atoms. The Morgan fingerprint density at radius 1 is 1.33 bits per heavy atom. The van der Waals surface area contributed by atoms with E-state index in [-0.39, 0.29) is 0 Å². The van der Waals surface area contributed by atoms with E-state index in [1.165, 1.54) is 7.11 Å². The number of esters is 1. The molecule has 0 aromatic heterocycles.